The van der Waals surface area contributed by atoms with Gasteiger partial charge in [-0.05, 0) is 62.5 Å². The van der Waals surface area contributed by atoms with E-state index in [-0.39, 0.29) is 48.7 Å². The normalized spacial score (nSPS) is 24.1. The molecule has 3 saturated heterocycles. The zero-order valence-electron chi connectivity index (χ0n) is 32.5. The fraction of sp³-hybridized carbons (Fsp3) is 0.548. The number of amides is 1. The van der Waals surface area contributed by atoms with Crippen LogP contribution in [0.15, 0.2) is 47.2 Å². The highest BCUT2D eigenvalue weighted by Gasteiger charge is 2.43. The number of carboxylic acids is 1. The third-order valence-corrected chi connectivity index (χ3v) is 12.1. The predicted octanol–water partition coefficient (Wildman–Crippen LogP) is 3.99. The molecule has 5 N–H and O–H groups in total. The van der Waals surface area contributed by atoms with E-state index in [4.69, 9.17) is 15.0 Å². The van der Waals surface area contributed by atoms with E-state index in [1.54, 1.807) is 16.5 Å². The second-order valence-electron chi connectivity index (χ2n) is 16.6. The van der Waals surface area contributed by atoms with Crippen LogP contribution in [0, 0.1) is 29.6 Å². The minimum atomic E-state index is -1.11. The van der Waals surface area contributed by atoms with Crippen LogP contribution in [-0.2, 0) is 14.3 Å². The predicted molar refractivity (Wildman–Crippen MR) is 211 cm³/mol. The topological polar surface area (TPSA) is 196 Å². The first kappa shape index (κ1) is 38.7. The standard InChI is InChI=1S/C42H52N8O7/c1-25(2)38(40(53)50-23-29(51)19-34(50)41(54)55)36-20-37(46-57-36)48-15-9-26(10-16-48)21-47-13-11-30(12-14-47)56-31-17-27(18-31)7-8-28-22-49-24-33(44-42(49)45-39(28)43)32-5-3-4-6-35(32)52/h3-6,20,22,24-27,29-31,34,38,51-52H,9-19,21,23H2,1-2H3,(H,54,55)(H2,43,44,45)/t27?,29-,31?,34+,38-/m1/s1. The summed E-state index contributed by atoms with van der Waals surface area (Å²) in [6.45, 7) is 8.65. The maximum Gasteiger partial charge on any atom is 0.326 e. The van der Waals surface area contributed by atoms with Gasteiger partial charge in [0.2, 0.25) is 11.7 Å². The number of carbonyl (C=O) groups is 2. The number of rotatable bonds is 10. The Kier molecular flexibility index (Phi) is 11.1. The number of β-amino-alcohol motifs (C(OH)–C–C–N with tert-alkyl or cyclic N) is 1. The highest BCUT2D eigenvalue weighted by atomic mass is 16.5. The number of hydrogen-bond donors (Lipinski definition) is 4. The third-order valence-electron chi connectivity index (χ3n) is 12.1. The lowest BCUT2D eigenvalue weighted by Crippen LogP contribution is -2.44. The summed E-state index contributed by atoms with van der Waals surface area (Å²) in [6.07, 6.45) is 9.32. The number of likely N-dealkylation sites (tertiary alicyclic amines) is 2. The highest BCUT2D eigenvalue weighted by Crippen LogP contribution is 2.35. The van der Waals surface area contributed by atoms with Gasteiger partial charge in [-0.3, -0.25) is 9.20 Å². The number of para-hydroxylation sites is 1. The lowest BCUT2D eigenvalue weighted by Gasteiger charge is -2.40. The number of aliphatic carboxylic acids is 1. The number of imidazole rings is 1. The van der Waals surface area contributed by atoms with E-state index < -0.39 is 24.0 Å². The minimum Gasteiger partial charge on any atom is -0.507 e. The molecule has 0 spiro atoms. The summed E-state index contributed by atoms with van der Waals surface area (Å²) in [5.41, 5.74) is 8.14. The van der Waals surface area contributed by atoms with Crippen molar-refractivity contribution in [1.29, 1.82) is 0 Å². The molecule has 3 atom stereocenters. The molecule has 4 aromatic rings. The number of anilines is 2. The monoisotopic (exact) mass is 780 g/mol. The summed E-state index contributed by atoms with van der Waals surface area (Å²) in [6, 6.07) is 7.86. The van der Waals surface area contributed by atoms with Crippen molar-refractivity contribution in [3.63, 3.8) is 0 Å². The SMILES string of the molecule is CC(C)[C@@H](C(=O)N1C[C@H](O)C[C@H]1C(=O)O)c1cc(N2CCC(CN3CCC(OC4CC(C#Cc5cn6cc(-c7ccccc7O)nc6nc5N)C4)CC3)CC2)no1. The molecule has 302 valence electrons. The fourth-order valence-corrected chi connectivity index (χ4v) is 8.82. The Morgan fingerprint density at radius 3 is 2.49 bits per heavy atom. The number of piperidine rings is 2. The Hall–Kier alpha value is -5.17. The second-order valence-corrected chi connectivity index (χ2v) is 16.6. The smallest absolute Gasteiger partial charge is 0.326 e. The zero-order chi connectivity index (χ0) is 39.8. The van der Waals surface area contributed by atoms with Crippen molar-refractivity contribution < 1.29 is 34.2 Å². The van der Waals surface area contributed by atoms with Crippen LogP contribution in [0.4, 0.5) is 11.6 Å². The molecule has 3 aliphatic heterocycles. The lowest BCUT2D eigenvalue weighted by molar-refractivity contribution is -0.149. The quantitative estimate of drug-likeness (QED) is 0.169. The number of phenols is 1. The number of aromatic nitrogens is 4. The van der Waals surface area contributed by atoms with Crippen molar-refractivity contribution in [2.45, 2.75) is 89.1 Å². The van der Waals surface area contributed by atoms with Crippen LogP contribution >= 0.6 is 0 Å². The molecule has 1 saturated carbocycles. The molecule has 15 nitrogen and oxygen atoms in total. The second kappa shape index (κ2) is 16.4. The molecule has 4 aliphatic rings. The van der Waals surface area contributed by atoms with E-state index in [1.165, 1.54) is 4.90 Å². The number of aliphatic hydroxyl groups excluding tert-OH is 1. The first-order chi connectivity index (χ1) is 27.5. The van der Waals surface area contributed by atoms with Crippen molar-refractivity contribution in [2.24, 2.45) is 17.8 Å². The van der Waals surface area contributed by atoms with Crippen LogP contribution in [0.3, 0.4) is 0 Å². The van der Waals surface area contributed by atoms with Gasteiger partial charge in [0.25, 0.3) is 0 Å². The van der Waals surface area contributed by atoms with Crippen LogP contribution in [0.25, 0.3) is 17.0 Å². The number of nitrogens with zero attached hydrogens (tertiary/aromatic N) is 7. The van der Waals surface area contributed by atoms with Gasteiger partial charge in [0.1, 0.15) is 23.5 Å². The number of phenolic OH excluding ortho intramolecular Hbond substituents is 1. The summed E-state index contributed by atoms with van der Waals surface area (Å²) in [4.78, 5) is 40.3. The molecular weight excluding hydrogens is 729 g/mol. The number of nitrogen functional groups attached to an aromatic ring is 1. The minimum absolute atomic E-state index is 0.00303. The molecule has 0 bridgehead atoms. The number of carboxylic acid groups (broad SMARTS) is 1. The molecular formula is C42H52N8O7. The van der Waals surface area contributed by atoms with Gasteiger partial charge in [-0.2, -0.15) is 4.98 Å². The number of nitrogens with two attached hydrogens (primary N) is 1. The summed E-state index contributed by atoms with van der Waals surface area (Å²) in [7, 11) is 0. The van der Waals surface area contributed by atoms with E-state index in [2.05, 4.69) is 36.8 Å². The first-order valence-corrected chi connectivity index (χ1v) is 20.2. The third kappa shape index (κ3) is 8.44. The van der Waals surface area contributed by atoms with Gasteiger partial charge in [-0.1, -0.05) is 43.0 Å². The van der Waals surface area contributed by atoms with E-state index >= 15 is 0 Å². The van der Waals surface area contributed by atoms with Gasteiger partial charge in [-0.15, -0.1) is 0 Å². The lowest BCUT2D eigenvalue weighted by atomic mass is 9.82. The van der Waals surface area contributed by atoms with Gasteiger partial charge >= 0.3 is 5.97 Å². The highest BCUT2D eigenvalue weighted by molar-refractivity contribution is 5.88. The van der Waals surface area contributed by atoms with E-state index in [9.17, 15) is 24.9 Å². The largest absolute Gasteiger partial charge is 0.507 e. The number of fused-ring (bicyclic) bond motifs is 1. The molecule has 8 rings (SSSR count). The van der Waals surface area contributed by atoms with Crippen molar-refractivity contribution in [2.75, 3.05) is 49.9 Å². The van der Waals surface area contributed by atoms with Crippen LogP contribution in [0.2, 0.25) is 0 Å². The van der Waals surface area contributed by atoms with Crippen molar-refractivity contribution >= 4 is 29.3 Å². The van der Waals surface area contributed by atoms with Crippen LogP contribution < -0.4 is 10.6 Å². The maximum absolute atomic E-state index is 13.5. The number of aliphatic hydroxyl groups is 1. The molecule has 3 aromatic heterocycles. The molecule has 1 aliphatic carbocycles. The molecule has 57 heavy (non-hydrogen) atoms. The number of aromatic hydroxyl groups is 1. The Balaban J connectivity index is 0.757. The number of ether oxygens (including phenoxy) is 1. The Morgan fingerprint density at radius 2 is 1.77 bits per heavy atom. The van der Waals surface area contributed by atoms with E-state index in [0.29, 0.717) is 45.9 Å². The summed E-state index contributed by atoms with van der Waals surface area (Å²) < 4.78 is 14.0. The van der Waals surface area contributed by atoms with Gasteiger partial charge in [0.05, 0.1) is 29.6 Å². The van der Waals surface area contributed by atoms with Gasteiger partial charge in [-0.25, -0.2) is 9.78 Å². The zero-order valence-corrected chi connectivity index (χ0v) is 32.5. The maximum atomic E-state index is 13.5. The Morgan fingerprint density at radius 1 is 1.02 bits per heavy atom. The number of carbonyl (C=O) groups excluding carboxylic acids is 1. The molecule has 1 aromatic carbocycles. The van der Waals surface area contributed by atoms with Crippen molar-refractivity contribution in [1.82, 2.24) is 29.3 Å². The number of hydrogen-bond acceptors (Lipinski definition) is 12. The number of benzene rings is 1. The molecule has 4 fully saturated rings. The first-order valence-electron chi connectivity index (χ1n) is 20.2. The molecule has 0 radical (unpaired) electrons. The molecule has 15 heteroatoms. The summed E-state index contributed by atoms with van der Waals surface area (Å²) in [5.74, 6) is 7.26. The molecule has 0 unspecified atom stereocenters. The molecule has 1 amide bonds. The van der Waals surface area contributed by atoms with Gasteiger partial charge < -0.3 is 45.0 Å². The van der Waals surface area contributed by atoms with Crippen LogP contribution in [-0.4, -0.2) is 120 Å². The van der Waals surface area contributed by atoms with Gasteiger partial charge in [0, 0.05) is 75.6 Å². The average Bonchev–Trinajstić information content (AvgIpc) is 3.92. The molecule has 6 heterocycles. The van der Waals surface area contributed by atoms with Crippen molar-refractivity contribution in [3.8, 4) is 28.8 Å². The van der Waals surface area contributed by atoms with Crippen LogP contribution in [0.5, 0.6) is 5.75 Å². The summed E-state index contributed by atoms with van der Waals surface area (Å²) in [5, 5.41) is 34.3. The van der Waals surface area contributed by atoms with Crippen molar-refractivity contribution in [3.05, 3.63) is 54.0 Å². The van der Waals surface area contributed by atoms with E-state index in [1.807, 2.05) is 44.4 Å². The summed E-state index contributed by atoms with van der Waals surface area (Å²) >= 11 is 0. The Bertz CT molecular complexity index is 2140. The fourth-order valence-electron chi connectivity index (χ4n) is 8.82. The van der Waals surface area contributed by atoms with Crippen LogP contribution in [0.1, 0.15) is 76.0 Å². The average molecular weight is 781 g/mol. The van der Waals surface area contributed by atoms with E-state index in [0.717, 1.165) is 71.2 Å². The van der Waals surface area contributed by atoms with Gasteiger partial charge in [0.15, 0.2) is 11.6 Å². The Labute approximate surface area is 331 Å².